The maximum absolute atomic E-state index is 6.67. The van der Waals surface area contributed by atoms with E-state index in [9.17, 15) is 0 Å². The minimum atomic E-state index is -1.90. The predicted octanol–water partition coefficient (Wildman–Crippen LogP) is 9.55. The SMILES string of the molecule is CC(C)(C)[Si](C)(C)Oc1ccc2c(c1)CCC(c1ccccc1)=C2c1ccc(OCc2ccccc2)cc1. The van der Waals surface area contributed by atoms with Crippen molar-refractivity contribution >= 4 is 19.5 Å². The average molecular weight is 519 g/mol. The molecule has 0 fully saturated rings. The zero-order valence-corrected chi connectivity index (χ0v) is 24.3. The molecule has 0 heterocycles. The molecule has 0 atom stereocenters. The van der Waals surface area contributed by atoms with Crippen molar-refractivity contribution in [2.45, 2.75) is 58.4 Å². The summed E-state index contributed by atoms with van der Waals surface area (Å²) in [4.78, 5) is 0. The Balaban J connectivity index is 1.49. The van der Waals surface area contributed by atoms with Gasteiger partial charge in [0.25, 0.3) is 0 Å². The van der Waals surface area contributed by atoms with Gasteiger partial charge in [0.2, 0.25) is 8.32 Å². The minimum Gasteiger partial charge on any atom is -0.543 e. The van der Waals surface area contributed by atoms with Crippen LogP contribution in [0.2, 0.25) is 18.1 Å². The number of benzene rings is 4. The fraction of sp³-hybridized carbons (Fsp3) is 0.257. The van der Waals surface area contributed by atoms with Crippen molar-refractivity contribution in [1.82, 2.24) is 0 Å². The lowest BCUT2D eigenvalue weighted by atomic mass is 9.79. The molecule has 0 unspecified atom stereocenters. The molecule has 0 saturated carbocycles. The third kappa shape index (κ3) is 5.63. The van der Waals surface area contributed by atoms with Gasteiger partial charge in [-0.1, -0.05) is 99.6 Å². The summed E-state index contributed by atoms with van der Waals surface area (Å²) in [6.07, 6.45) is 2.01. The molecule has 2 nitrogen and oxygen atoms in total. The first-order valence-corrected chi connectivity index (χ1v) is 16.5. The van der Waals surface area contributed by atoms with Gasteiger partial charge in [-0.2, -0.15) is 0 Å². The van der Waals surface area contributed by atoms with Gasteiger partial charge in [-0.15, -0.1) is 0 Å². The van der Waals surface area contributed by atoms with Crippen molar-refractivity contribution < 1.29 is 9.16 Å². The number of hydrogen-bond donors (Lipinski definition) is 0. The Bertz CT molecular complexity index is 1410. The lowest BCUT2D eigenvalue weighted by Gasteiger charge is -2.36. The number of ether oxygens (including phenoxy) is 1. The Morgan fingerprint density at radius 1 is 0.684 bits per heavy atom. The van der Waals surface area contributed by atoms with E-state index in [1.54, 1.807) is 0 Å². The maximum Gasteiger partial charge on any atom is 0.250 e. The molecule has 4 aromatic carbocycles. The summed E-state index contributed by atoms with van der Waals surface area (Å²) in [5.41, 5.74) is 9.05. The van der Waals surface area contributed by atoms with Crippen molar-refractivity contribution in [3.05, 3.63) is 131 Å². The normalized spacial score (nSPS) is 13.7. The van der Waals surface area contributed by atoms with Crippen LogP contribution in [0, 0.1) is 0 Å². The second-order valence-electron chi connectivity index (χ2n) is 11.7. The van der Waals surface area contributed by atoms with Crippen LogP contribution in [-0.4, -0.2) is 8.32 Å². The highest BCUT2D eigenvalue weighted by Crippen LogP contribution is 2.43. The zero-order chi connectivity index (χ0) is 26.8. The smallest absolute Gasteiger partial charge is 0.250 e. The first kappa shape index (κ1) is 26.1. The molecule has 194 valence electrons. The largest absolute Gasteiger partial charge is 0.543 e. The van der Waals surface area contributed by atoms with E-state index >= 15 is 0 Å². The predicted molar refractivity (Wildman–Crippen MR) is 162 cm³/mol. The second kappa shape index (κ2) is 10.7. The van der Waals surface area contributed by atoms with E-state index in [2.05, 4.69) is 119 Å². The van der Waals surface area contributed by atoms with Crippen LogP contribution in [0.15, 0.2) is 103 Å². The van der Waals surface area contributed by atoms with Crippen LogP contribution in [0.3, 0.4) is 0 Å². The summed E-state index contributed by atoms with van der Waals surface area (Å²) in [5, 5.41) is 0.165. The van der Waals surface area contributed by atoms with Gasteiger partial charge in [0, 0.05) is 0 Å². The van der Waals surface area contributed by atoms with E-state index in [0.29, 0.717) is 6.61 Å². The summed E-state index contributed by atoms with van der Waals surface area (Å²) >= 11 is 0. The van der Waals surface area contributed by atoms with E-state index in [4.69, 9.17) is 9.16 Å². The van der Waals surface area contributed by atoms with Crippen molar-refractivity contribution in [3.63, 3.8) is 0 Å². The van der Waals surface area contributed by atoms with Gasteiger partial charge in [-0.3, -0.25) is 0 Å². The molecular formula is C35H38O2Si. The van der Waals surface area contributed by atoms with Gasteiger partial charge in [0.15, 0.2) is 0 Å². The summed E-state index contributed by atoms with van der Waals surface area (Å²) < 4.78 is 12.7. The van der Waals surface area contributed by atoms with E-state index in [-0.39, 0.29) is 5.04 Å². The van der Waals surface area contributed by atoms with Crippen LogP contribution in [-0.2, 0) is 13.0 Å². The van der Waals surface area contributed by atoms with Crippen LogP contribution in [0.5, 0.6) is 11.5 Å². The molecule has 38 heavy (non-hydrogen) atoms. The van der Waals surface area contributed by atoms with E-state index in [1.807, 2.05) is 18.2 Å². The van der Waals surface area contributed by atoms with Crippen LogP contribution in [0.25, 0.3) is 11.1 Å². The number of rotatable bonds is 7. The molecule has 0 aliphatic heterocycles. The first-order chi connectivity index (χ1) is 18.2. The van der Waals surface area contributed by atoms with Gasteiger partial charge >= 0.3 is 0 Å². The summed E-state index contributed by atoms with van der Waals surface area (Å²) in [7, 11) is -1.90. The third-order valence-electron chi connectivity index (χ3n) is 7.98. The zero-order valence-electron chi connectivity index (χ0n) is 23.3. The summed E-state index contributed by atoms with van der Waals surface area (Å²) in [5.74, 6) is 1.89. The molecular weight excluding hydrogens is 480 g/mol. The molecule has 1 aliphatic carbocycles. The Labute approximate surface area is 229 Å². The Hall–Kier alpha value is -3.56. The van der Waals surface area contributed by atoms with Crippen LogP contribution < -0.4 is 9.16 Å². The highest BCUT2D eigenvalue weighted by Gasteiger charge is 2.39. The van der Waals surface area contributed by atoms with Crippen LogP contribution >= 0.6 is 0 Å². The number of allylic oxidation sites excluding steroid dienone is 1. The molecule has 0 spiro atoms. The number of fused-ring (bicyclic) bond motifs is 1. The Kier molecular flexibility index (Phi) is 7.31. The van der Waals surface area contributed by atoms with Gasteiger partial charge < -0.3 is 9.16 Å². The highest BCUT2D eigenvalue weighted by molar-refractivity contribution is 6.74. The van der Waals surface area contributed by atoms with Crippen LogP contribution in [0.1, 0.15) is 55.0 Å². The topological polar surface area (TPSA) is 18.5 Å². The second-order valence-corrected chi connectivity index (χ2v) is 16.4. The molecule has 0 saturated heterocycles. The van der Waals surface area contributed by atoms with Gasteiger partial charge in [0.05, 0.1) is 0 Å². The van der Waals surface area contributed by atoms with Crippen molar-refractivity contribution in [2.75, 3.05) is 0 Å². The van der Waals surface area contributed by atoms with Crippen molar-refractivity contribution in [2.24, 2.45) is 0 Å². The molecule has 5 rings (SSSR count). The highest BCUT2D eigenvalue weighted by atomic mass is 28.4. The fourth-order valence-corrected chi connectivity index (χ4v) is 5.82. The summed E-state index contributed by atoms with van der Waals surface area (Å²) in [6, 6.07) is 36.4. The average Bonchev–Trinajstić information content (AvgIpc) is 2.92. The van der Waals surface area contributed by atoms with E-state index in [1.165, 1.54) is 39.0 Å². The molecule has 4 aromatic rings. The minimum absolute atomic E-state index is 0.165. The monoisotopic (exact) mass is 518 g/mol. The van der Waals surface area contributed by atoms with Crippen LogP contribution in [0.4, 0.5) is 0 Å². The molecule has 0 bridgehead atoms. The number of hydrogen-bond acceptors (Lipinski definition) is 2. The number of aryl methyl sites for hydroxylation is 1. The Morgan fingerprint density at radius 3 is 1.97 bits per heavy atom. The molecule has 0 amide bonds. The van der Waals surface area contributed by atoms with Gasteiger partial charge in [-0.25, -0.2) is 0 Å². The van der Waals surface area contributed by atoms with Crippen molar-refractivity contribution in [1.29, 1.82) is 0 Å². The standard InChI is InChI=1S/C35H38O2Si/c1-35(2,3)38(4,5)37-31-21-23-33-29(24-31)18-22-32(27-14-10-7-11-15-27)34(33)28-16-19-30(20-17-28)36-25-26-12-8-6-9-13-26/h6-17,19-21,23-24H,18,22,25H2,1-5H3. The molecule has 3 heteroatoms. The molecule has 1 aliphatic rings. The maximum atomic E-state index is 6.67. The molecule has 0 radical (unpaired) electrons. The molecule has 0 N–H and O–H groups in total. The van der Waals surface area contributed by atoms with E-state index < -0.39 is 8.32 Å². The van der Waals surface area contributed by atoms with Gasteiger partial charge in [0.1, 0.15) is 18.1 Å². The summed E-state index contributed by atoms with van der Waals surface area (Å²) in [6.45, 7) is 12.1. The molecule has 0 aromatic heterocycles. The lowest BCUT2D eigenvalue weighted by Crippen LogP contribution is -2.43. The lowest BCUT2D eigenvalue weighted by molar-refractivity contribution is 0.306. The fourth-order valence-electron chi connectivity index (χ4n) is 4.80. The quantitative estimate of drug-likeness (QED) is 0.227. The van der Waals surface area contributed by atoms with Gasteiger partial charge in [-0.05, 0) is 94.2 Å². The first-order valence-electron chi connectivity index (χ1n) is 13.6. The van der Waals surface area contributed by atoms with Crippen molar-refractivity contribution in [3.8, 4) is 11.5 Å². The third-order valence-corrected chi connectivity index (χ3v) is 12.3. The van der Waals surface area contributed by atoms with E-state index in [0.717, 1.165) is 24.3 Å². The Morgan fingerprint density at radius 2 is 1.32 bits per heavy atom.